The Kier molecular flexibility index (Phi) is 21.3. The van der Waals surface area contributed by atoms with E-state index in [1.165, 1.54) is 72.1 Å². The molecule has 4 amide bonds. The Bertz CT molecular complexity index is 2670. The first-order valence-electron chi connectivity index (χ1n) is 19.9. The number of benzene rings is 2. The molecular weight excluding hydrogens is 1090 g/mol. The molecule has 0 saturated carbocycles. The number of phenolic OH excluding ortho intramolecular Hbond substituents is 2. The number of aliphatic hydroxyl groups excluding tert-OH is 2. The number of hydrogen-bond donors (Lipinski definition) is 8. The van der Waals surface area contributed by atoms with Crippen molar-refractivity contribution in [3.8, 4) is 11.5 Å². The van der Waals surface area contributed by atoms with Crippen molar-refractivity contribution < 1.29 is 182 Å². The molecule has 8 rings (SSSR count). The van der Waals surface area contributed by atoms with Crippen molar-refractivity contribution in [3.63, 3.8) is 0 Å². The normalized spacial score (nSPS) is 19.6. The van der Waals surface area contributed by atoms with Gasteiger partial charge in [0, 0.05) is 34.1 Å². The number of aromatic nitrogens is 8. The average Bonchev–Trinajstić information content (AvgIpc) is 3.97. The molecule has 0 radical (unpaired) electrons. The fraction of sp³-hybridized carbons (Fsp3) is 0.316. The van der Waals surface area contributed by atoms with Gasteiger partial charge in [0.2, 0.25) is 10.3 Å². The van der Waals surface area contributed by atoms with Crippen molar-refractivity contribution in [1.29, 1.82) is 0 Å². The van der Waals surface area contributed by atoms with Crippen molar-refractivity contribution in [2.45, 2.75) is 58.4 Å². The van der Waals surface area contributed by atoms with Crippen LogP contribution in [0.5, 0.6) is 11.5 Å². The van der Waals surface area contributed by atoms with Crippen LogP contribution >= 0.6 is 47.0 Å². The van der Waals surface area contributed by atoms with Crippen LogP contribution in [0.3, 0.4) is 0 Å². The van der Waals surface area contributed by atoms with E-state index in [4.69, 9.17) is 10.2 Å². The molecule has 2 aromatic carbocycles. The Balaban J connectivity index is 0.000000260. The van der Waals surface area contributed by atoms with Gasteiger partial charge in [0.15, 0.2) is 12.2 Å². The number of para-hydroxylation sites is 2. The molecule has 4 aliphatic rings. The number of aromatic hydroxyl groups is 2. The number of amides is 4. The van der Waals surface area contributed by atoms with Crippen LogP contribution in [-0.2, 0) is 51.4 Å². The molecule has 6 heterocycles. The molecule has 2 aromatic heterocycles. The predicted octanol–water partition coefficient (Wildman–Crippen LogP) is -10.6. The van der Waals surface area contributed by atoms with Crippen molar-refractivity contribution >= 4 is 94.6 Å². The van der Waals surface area contributed by atoms with Crippen LogP contribution in [0.15, 0.2) is 81.4 Å². The van der Waals surface area contributed by atoms with E-state index in [1.54, 1.807) is 0 Å². The molecular formula is C38H34K2N12O16S4. The number of carboxylic acids is 4. The van der Waals surface area contributed by atoms with Gasteiger partial charge in [-0.15, -0.1) is 33.7 Å². The molecule has 72 heavy (non-hydrogen) atoms. The molecule has 2 fully saturated rings. The molecule has 4 aliphatic heterocycles. The number of carbonyl (C=O) groups excluding carboxylic acids is 6. The summed E-state index contributed by atoms with van der Waals surface area (Å²) in [5.41, 5.74) is -0.0675. The Morgan fingerprint density at radius 2 is 1.01 bits per heavy atom. The number of nitrogens with zero attached hydrogens (tertiary/aromatic N) is 10. The number of carbonyl (C=O) groups is 8. The zero-order valence-electron chi connectivity index (χ0n) is 37.2. The summed E-state index contributed by atoms with van der Waals surface area (Å²) < 4.78 is 2.09. The Hall–Kier alpha value is -3.99. The van der Waals surface area contributed by atoms with E-state index in [0.29, 0.717) is 11.1 Å². The molecule has 2 saturated heterocycles. The summed E-state index contributed by atoms with van der Waals surface area (Å²) in [6, 6.07) is 9.24. The van der Waals surface area contributed by atoms with Crippen LogP contribution in [0, 0.1) is 0 Å². The van der Waals surface area contributed by atoms with Gasteiger partial charge in [-0.1, -0.05) is 59.9 Å². The Morgan fingerprint density at radius 3 is 1.35 bits per heavy atom. The van der Waals surface area contributed by atoms with E-state index in [2.05, 4.69) is 41.7 Å². The first kappa shape index (κ1) is 58.9. The van der Waals surface area contributed by atoms with Crippen molar-refractivity contribution in [1.82, 2.24) is 60.8 Å². The second kappa shape index (κ2) is 26.0. The smallest absolute Gasteiger partial charge is 0.543 e. The third kappa shape index (κ3) is 13.1. The van der Waals surface area contributed by atoms with Crippen LogP contribution in [0.4, 0.5) is 0 Å². The van der Waals surface area contributed by atoms with Crippen LogP contribution in [0.25, 0.3) is 0 Å². The maximum absolute atomic E-state index is 12.8. The predicted molar refractivity (Wildman–Crippen MR) is 233 cm³/mol. The molecule has 4 aromatic rings. The second-order valence-electron chi connectivity index (χ2n) is 14.8. The van der Waals surface area contributed by atoms with Gasteiger partial charge in [-0.2, -0.15) is 0 Å². The number of phenols is 2. The summed E-state index contributed by atoms with van der Waals surface area (Å²) in [5, 5.41) is 107. The summed E-state index contributed by atoms with van der Waals surface area (Å²) in [4.78, 5) is 98.1. The molecule has 34 heteroatoms. The Labute approximate surface area is 506 Å². The van der Waals surface area contributed by atoms with Gasteiger partial charge < -0.3 is 61.1 Å². The number of nitrogens with one attached hydrogen (secondary N) is 2. The van der Waals surface area contributed by atoms with Gasteiger partial charge in [-0.05, 0) is 44.1 Å². The number of hydrogen-bond acceptors (Lipinski definition) is 24. The number of tetrazole rings is 2. The standard InChI is InChI=1S/2C19H18N6O8S2.2K/c2*26-10-4-2-1-3-9(10)14(29)15(30)20-12-16(31)25-13(18(32)33)8(6-34-17(12)25)7-35-19-21-22-23-24(19)5-11(27)28;;/h2*1-4,12,14,17,26,29H,5-7H2,(H,20,30)(H,27,28)(H,32,33);;/q;;2*+1/p-2/t2*12?,14-,17-;;/m11../s1. The first-order valence-corrected chi connectivity index (χ1v) is 23.9. The van der Waals surface area contributed by atoms with Gasteiger partial charge in [-0.25, -0.2) is 9.36 Å². The number of thioether (sulfide) groups is 4. The van der Waals surface area contributed by atoms with Gasteiger partial charge in [0.25, 0.3) is 23.6 Å². The quantitative estimate of drug-likeness (QED) is 0.0260. The third-order valence-electron chi connectivity index (χ3n) is 10.4. The van der Waals surface area contributed by atoms with E-state index in [9.17, 15) is 69.0 Å². The topological polar surface area (TPSA) is 422 Å². The van der Waals surface area contributed by atoms with Crippen molar-refractivity contribution in [2.24, 2.45) is 0 Å². The van der Waals surface area contributed by atoms with E-state index in [1.807, 2.05) is 0 Å². The summed E-state index contributed by atoms with van der Waals surface area (Å²) in [5.74, 6) is -8.82. The summed E-state index contributed by atoms with van der Waals surface area (Å²) in [6.07, 6.45) is -3.46. The SMILES string of the molecule is O=C(O)Cn1nnnc1SCC1=C(C(=O)[O-])N2C(=O)C(NC(=O)[C@H](O)c3ccccc3O)[C@H]2SC1.O=C(O)Cn1nnnc1SCC1=C(C(=O)[O-])N2C(=O)C(NC(=O)[C@H](O)c3ccccc3O)[C@H]2SC1.[K+].[K+]. The summed E-state index contributed by atoms with van der Waals surface area (Å²) >= 11 is 4.41. The first-order chi connectivity index (χ1) is 33.4. The molecule has 0 aliphatic carbocycles. The minimum Gasteiger partial charge on any atom is -0.543 e. The molecule has 8 N–H and O–H groups in total. The number of aliphatic carboxylic acids is 4. The molecule has 2 unspecified atom stereocenters. The molecule has 28 nitrogen and oxygen atoms in total. The van der Waals surface area contributed by atoms with Crippen LogP contribution in [0.2, 0.25) is 0 Å². The van der Waals surface area contributed by atoms with Crippen molar-refractivity contribution in [2.75, 3.05) is 23.0 Å². The van der Waals surface area contributed by atoms with Gasteiger partial charge in [0.05, 0.1) is 23.3 Å². The van der Waals surface area contributed by atoms with Gasteiger partial charge >= 0.3 is 115 Å². The van der Waals surface area contributed by atoms with Gasteiger partial charge in [0.1, 0.15) is 47.4 Å². The largest absolute Gasteiger partial charge is 1.00 e. The van der Waals surface area contributed by atoms with Crippen LogP contribution in [0.1, 0.15) is 23.3 Å². The maximum atomic E-state index is 12.8. The van der Waals surface area contributed by atoms with Gasteiger partial charge in [-0.3, -0.25) is 38.6 Å². The zero-order valence-corrected chi connectivity index (χ0v) is 46.7. The molecule has 0 bridgehead atoms. The minimum atomic E-state index is -1.73. The van der Waals surface area contributed by atoms with E-state index < -0.39 is 95.6 Å². The number of carboxylic acid groups (broad SMARTS) is 4. The second-order valence-corrected chi connectivity index (χ2v) is 18.9. The Morgan fingerprint density at radius 1 is 0.653 bits per heavy atom. The number of β-lactam (4-membered cyclic amide) rings is 2. The molecule has 368 valence electrons. The average molecular weight is 1120 g/mol. The molecule has 0 spiro atoms. The minimum absolute atomic E-state index is 0. The number of rotatable bonds is 18. The fourth-order valence-electron chi connectivity index (χ4n) is 7.11. The summed E-state index contributed by atoms with van der Waals surface area (Å²) in [6.45, 7) is -0.950. The van der Waals surface area contributed by atoms with E-state index in [0.717, 1.165) is 42.7 Å². The van der Waals surface area contributed by atoms with Crippen LogP contribution < -0.4 is 124 Å². The fourth-order valence-corrected chi connectivity index (χ4v) is 11.8. The molecule has 6 atom stereocenters. The summed E-state index contributed by atoms with van der Waals surface area (Å²) in [7, 11) is 0. The zero-order chi connectivity index (χ0) is 50.6. The third-order valence-corrected chi connectivity index (χ3v) is 15.1. The monoisotopic (exact) mass is 1120 g/mol. The number of aliphatic hydroxyl groups is 2. The van der Waals surface area contributed by atoms with E-state index in [-0.39, 0.29) is 170 Å². The maximum Gasteiger partial charge on any atom is 1.00 e. The number of fused-ring (bicyclic) bond motifs is 2. The van der Waals surface area contributed by atoms with Crippen LogP contribution in [-0.4, -0.2) is 174 Å². The van der Waals surface area contributed by atoms with E-state index >= 15 is 0 Å². The van der Waals surface area contributed by atoms with Crippen molar-refractivity contribution in [3.05, 3.63) is 82.2 Å².